The number of hydrogen-bond acceptors (Lipinski definition) is 2. The van der Waals surface area contributed by atoms with Crippen molar-refractivity contribution in [1.29, 1.82) is 0 Å². The highest BCUT2D eigenvalue weighted by atomic mass is 35.5. The molecule has 1 fully saturated rings. The topological polar surface area (TPSA) is 41.1 Å². The summed E-state index contributed by atoms with van der Waals surface area (Å²) in [5.74, 6) is 0.909. The highest BCUT2D eigenvalue weighted by Gasteiger charge is 2.14. The molecule has 0 unspecified atom stereocenters. The smallest absolute Gasteiger partial charge is 0.220 e. The molecule has 1 aromatic carbocycles. The van der Waals surface area contributed by atoms with Gasteiger partial charge in [-0.15, -0.1) is 12.4 Å². The van der Waals surface area contributed by atoms with Crippen LogP contribution < -0.4 is 10.6 Å². The van der Waals surface area contributed by atoms with Gasteiger partial charge >= 0.3 is 0 Å². The Morgan fingerprint density at radius 2 is 2.00 bits per heavy atom. The SMILES string of the molecule is Cc1ccc(CNC(=O)CCC2CCNCC2)c(C)c1.Cl. The summed E-state index contributed by atoms with van der Waals surface area (Å²) in [6.45, 7) is 7.05. The Morgan fingerprint density at radius 1 is 1.29 bits per heavy atom. The molecule has 1 saturated heterocycles. The third-order valence-electron chi connectivity index (χ3n) is 4.21. The summed E-state index contributed by atoms with van der Waals surface area (Å²) in [6, 6.07) is 6.37. The zero-order chi connectivity index (χ0) is 14.4. The van der Waals surface area contributed by atoms with Crippen molar-refractivity contribution < 1.29 is 4.79 Å². The van der Waals surface area contributed by atoms with E-state index in [1.807, 2.05) is 0 Å². The first-order valence-corrected chi connectivity index (χ1v) is 7.68. The van der Waals surface area contributed by atoms with E-state index in [0.29, 0.717) is 13.0 Å². The second-order valence-corrected chi connectivity index (χ2v) is 5.94. The van der Waals surface area contributed by atoms with Crippen LogP contribution in [0.15, 0.2) is 18.2 Å². The molecule has 0 radical (unpaired) electrons. The van der Waals surface area contributed by atoms with Crippen LogP contribution in [-0.2, 0) is 11.3 Å². The Labute approximate surface area is 134 Å². The zero-order valence-electron chi connectivity index (χ0n) is 13.1. The highest BCUT2D eigenvalue weighted by Crippen LogP contribution is 2.17. The van der Waals surface area contributed by atoms with Crippen molar-refractivity contribution in [3.8, 4) is 0 Å². The fraction of sp³-hybridized carbons (Fsp3) is 0.588. The van der Waals surface area contributed by atoms with Crippen molar-refractivity contribution >= 4 is 18.3 Å². The van der Waals surface area contributed by atoms with Gasteiger partial charge in [0.2, 0.25) is 5.91 Å². The first kappa shape index (κ1) is 18.0. The molecule has 2 N–H and O–H groups in total. The molecule has 1 heterocycles. The maximum Gasteiger partial charge on any atom is 0.220 e. The molecule has 1 aromatic rings. The third-order valence-corrected chi connectivity index (χ3v) is 4.21. The number of amides is 1. The van der Waals surface area contributed by atoms with Crippen molar-refractivity contribution in [1.82, 2.24) is 10.6 Å². The fourth-order valence-electron chi connectivity index (χ4n) is 2.83. The van der Waals surface area contributed by atoms with Crippen LogP contribution in [0.3, 0.4) is 0 Å². The Bertz CT molecular complexity index is 456. The van der Waals surface area contributed by atoms with Crippen LogP contribution in [0.2, 0.25) is 0 Å². The molecule has 4 heteroatoms. The molecule has 21 heavy (non-hydrogen) atoms. The number of carbonyl (C=O) groups is 1. The molecule has 1 aliphatic rings. The van der Waals surface area contributed by atoms with Crippen LogP contribution in [0.25, 0.3) is 0 Å². The van der Waals surface area contributed by atoms with Gasteiger partial charge in [-0.3, -0.25) is 4.79 Å². The largest absolute Gasteiger partial charge is 0.352 e. The highest BCUT2D eigenvalue weighted by molar-refractivity contribution is 5.85. The third kappa shape index (κ3) is 6.06. The van der Waals surface area contributed by atoms with E-state index >= 15 is 0 Å². The first-order chi connectivity index (χ1) is 9.65. The average Bonchev–Trinajstić information content (AvgIpc) is 2.45. The van der Waals surface area contributed by atoms with Crippen LogP contribution in [0.1, 0.15) is 42.4 Å². The average molecular weight is 311 g/mol. The number of hydrogen-bond donors (Lipinski definition) is 2. The van der Waals surface area contributed by atoms with E-state index < -0.39 is 0 Å². The molecule has 0 aliphatic carbocycles. The lowest BCUT2D eigenvalue weighted by atomic mass is 9.93. The zero-order valence-corrected chi connectivity index (χ0v) is 13.9. The van der Waals surface area contributed by atoms with Gasteiger partial charge in [0.25, 0.3) is 0 Å². The minimum absolute atomic E-state index is 0. The van der Waals surface area contributed by atoms with E-state index in [1.54, 1.807) is 0 Å². The van der Waals surface area contributed by atoms with Crippen LogP contribution in [0.4, 0.5) is 0 Å². The van der Waals surface area contributed by atoms with E-state index in [1.165, 1.54) is 29.5 Å². The molecule has 118 valence electrons. The van der Waals surface area contributed by atoms with Gasteiger partial charge < -0.3 is 10.6 Å². The summed E-state index contributed by atoms with van der Waals surface area (Å²) >= 11 is 0. The molecular formula is C17H27ClN2O. The van der Waals surface area contributed by atoms with Crippen LogP contribution in [-0.4, -0.2) is 19.0 Å². The quantitative estimate of drug-likeness (QED) is 0.877. The van der Waals surface area contributed by atoms with Gasteiger partial charge in [0.05, 0.1) is 0 Å². The van der Waals surface area contributed by atoms with Gasteiger partial charge in [-0.05, 0) is 63.2 Å². The van der Waals surface area contributed by atoms with Crippen molar-refractivity contribution in [2.24, 2.45) is 5.92 Å². The van der Waals surface area contributed by atoms with E-state index in [4.69, 9.17) is 0 Å². The molecule has 1 amide bonds. The number of piperidine rings is 1. The summed E-state index contributed by atoms with van der Waals surface area (Å²) in [7, 11) is 0. The number of carbonyl (C=O) groups excluding carboxylic acids is 1. The van der Waals surface area contributed by atoms with E-state index in [2.05, 4.69) is 42.7 Å². The predicted molar refractivity (Wildman–Crippen MR) is 89.8 cm³/mol. The lowest BCUT2D eigenvalue weighted by molar-refractivity contribution is -0.121. The minimum atomic E-state index is 0. The summed E-state index contributed by atoms with van der Waals surface area (Å²) < 4.78 is 0. The number of nitrogens with one attached hydrogen (secondary N) is 2. The van der Waals surface area contributed by atoms with Crippen molar-refractivity contribution in [3.63, 3.8) is 0 Å². The molecule has 1 aliphatic heterocycles. The van der Waals surface area contributed by atoms with Gasteiger partial charge in [-0.1, -0.05) is 23.8 Å². The lowest BCUT2D eigenvalue weighted by Gasteiger charge is -2.22. The van der Waals surface area contributed by atoms with Gasteiger partial charge in [0.1, 0.15) is 0 Å². The normalized spacial score (nSPS) is 15.3. The molecular weight excluding hydrogens is 284 g/mol. The lowest BCUT2D eigenvalue weighted by Crippen LogP contribution is -2.29. The predicted octanol–water partition coefficient (Wildman–Crippen LogP) is 3.12. The Hall–Kier alpha value is -1.06. The number of halogens is 1. The molecule has 0 saturated carbocycles. The first-order valence-electron chi connectivity index (χ1n) is 7.68. The molecule has 0 atom stereocenters. The summed E-state index contributed by atoms with van der Waals surface area (Å²) in [6.07, 6.45) is 4.12. The van der Waals surface area contributed by atoms with Gasteiger partial charge in [-0.2, -0.15) is 0 Å². The standard InChI is InChI=1S/C17H26N2O.ClH/c1-13-3-5-16(14(2)11-13)12-19-17(20)6-4-15-7-9-18-10-8-15;/h3,5,11,15,18H,4,6-10,12H2,1-2H3,(H,19,20);1H. The van der Waals surface area contributed by atoms with Gasteiger partial charge in [-0.25, -0.2) is 0 Å². The molecule has 0 spiro atoms. The fourth-order valence-corrected chi connectivity index (χ4v) is 2.83. The second-order valence-electron chi connectivity index (χ2n) is 5.94. The van der Waals surface area contributed by atoms with Crippen LogP contribution >= 0.6 is 12.4 Å². The maximum absolute atomic E-state index is 11.9. The van der Waals surface area contributed by atoms with Gasteiger partial charge in [0, 0.05) is 13.0 Å². The van der Waals surface area contributed by atoms with E-state index in [-0.39, 0.29) is 18.3 Å². The molecule has 0 aromatic heterocycles. The van der Waals surface area contributed by atoms with Gasteiger partial charge in [0.15, 0.2) is 0 Å². The number of rotatable bonds is 5. The monoisotopic (exact) mass is 310 g/mol. The second kappa shape index (κ2) is 9.06. The molecule has 3 nitrogen and oxygen atoms in total. The van der Waals surface area contributed by atoms with Crippen LogP contribution in [0, 0.1) is 19.8 Å². The van der Waals surface area contributed by atoms with Crippen molar-refractivity contribution in [3.05, 3.63) is 34.9 Å². The maximum atomic E-state index is 11.9. The number of benzene rings is 1. The Balaban J connectivity index is 0.00000220. The van der Waals surface area contributed by atoms with E-state index in [0.717, 1.165) is 25.4 Å². The molecule has 2 rings (SSSR count). The minimum Gasteiger partial charge on any atom is -0.352 e. The van der Waals surface area contributed by atoms with Crippen LogP contribution in [0.5, 0.6) is 0 Å². The summed E-state index contributed by atoms with van der Waals surface area (Å²) in [5, 5.41) is 6.40. The Morgan fingerprint density at radius 3 is 2.67 bits per heavy atom. The molecule has 0 bridgehead atoms. The number of aryl methyl sites for hydroxylation is 2. The van der Waals surface area contributed by atoms with Crippen molar-refractivity contribution in [2.75, 3.05) is 13.1 Å². The Kier molecular flexibility index (Phi) is 7.76. The summed E-state index contributed by atoms with van der Waals surface area (Å²) in [5.41, 5.74) is 3.73. The van der Waals surface area contributed by atoms with Crippen molar-refractivity contribution in [2.45, 2.75) is 46.1 Å². The van der Waals surface area contributed by atoms with E-state index in [9.17, 15) is 4.79 Å². The summed E-state index contributed by atoms with van der Waals surface area (Å²) in [4.78, 5) is 11.9.